The van der Waals surface area contributed by atoms with Crippen LogP contribution in [0.3, 0.4) is 0 Å². The Morgan fingerprint density at radius 1 is 1.31 bits per heavy atom. The molecule has 176 valence electrons. The minimum atomic E-state index is -3.57. The van der Waals surface area contributed by atoms with Crippen molar-refractivity contribution >= 4 is 33.1 Å². The van der Waals surface area contributed by atoms with Crippen LogP contribution >= 0.6 is 11.6 Å². The second kappa shape index (κ2) is 11.6. The van der Waals surface area contributed by atoms with Gasteiger partial charge in [-0.05, 0) is 36.3 Å². The van der Waals surface area contributed by atoms with Crippen molar-refractivity contribution in [3.8, 4) is 0 Å². The molecule has 1 saturated heterocycles. The highest BCUT2D eigenvalue weighted by Gasteiger charge is 2.20. The van der Waals surface area contributed by atoms with Crippen LogP contribution in [0.5, 0.6) is 0 Å². The average molecular weight is 491 g/mol. The molecule has 0 unspecified atom stereocenters. The maximum atomic E-state index is 13.4. The topological polar surface area (TPSA) is 142 Å². The molecule has 3 N–H and O–H groups in total. The van der Waals surface area contributed by atoms with Crippen LogP contribution in [0.4, 0.5) is 10.1 Å². The number of amidine groups is 1. The van der Waals surface area contributed by atoms with Crippen molar-refractivity contribution in [1.29, 1.82) is 0 Å². The maximum Gasteiger partial charge on any atom is 0.212 e. The summed E-state index contributed by atoms with van der Waals surface area (Å²) in [5.74, 6) is -0.586. The Bertz CT molecular complexity index is 1030. The van der Waals surface area contributed by atoms with E-state index in [0.717, 1.165) is 19.2 Å². The van der Waals surface area contributed by atoms with E-state index < -0.39 is 22.6 Å². The first-order chi connectivity index (χ1) is 15.4. The summed E-state index contributed by atoms with van der Waals surface area (Å²) in [5.41, 5.74) is 0.631. The van der Waals surface area contributed by atoms with Gasteiger partial charge in [0.05, 0.1) is 30.5 Å². The second-order valence-electron chi connectivity index (χ2n) is 6.91. The standard InChI is InChI=1S/C18H24ClFN6O5S/c19-14-10-13(2-3-15(14)20)23-18(21-12-27)17-16(24-31-25-17)11-22-32(28,29)9-1-4-26-5-7-30-8-6-26/h2-3,10,22,27H,1,4-9,11-12H2,(H,21,23). The van der Waals surface area contributed by atoms with E-state index in [1.807, 2.05) is 0 Å². The highest BCUT2D eigenvalue weighted by Crippen LogP contribution is 2.20. The number of sulfonamides is 1. The Kier molecular flexibility index (Phi) is 8.90. The average Bonchev–Trinajstić information content (AvgIpc) is 3.24. The quantitative estimate of drug-likeness (QED) is 0.325. The number of anilines is 1. The second-order valence-corrected chi connectivity index (χ2v) is 9.24. The number of morpholine rings is 1. The minimum Gasteiger partial charge on any atom is -0.379 e. The van der Waals surface area contributed by atoms with Crippen molar-refractivity contribution in [3.63, 3.8) is 0 Å². The summed E-state index contributed by atoms with van der Waals surface area (Å²) in [6, 6.07) is 3.90. The fourth-order valence-electron chi connectivity index (χ4n) is 3.01. The highest BCUT2D eigenvalue weighted by atomic mass is 35.5. The lowest BCUT2D eigenvalue weighted by atomic mass is 10.2. The Labute approximate surface area is 189 Å². The van der Waals surface area contributed by atoms with Crippen LogP contribution in [0.1, 0.15) is 17.8 Å². The normalized spacial score (nSPS) is 15.8. The third kappa shape index (κ3) is 7.18. The van der Waals surface area contributed by atoms with E-state index in [0.29, 0.717) is 31.9 Å². The van der Waals surface area contributed by atoms with Crippen LogP contribution in [-0.2, 0) is 21.3 Å². The predicted octanol–water partition coefficient (Wildman–Crippen LogP) is 0.812. The zero-order valence-corrected chi connectivity index (χ0v) is 18.7. The van der Waals surface area contributed by atoms with Gasteiger partial charge in [0.1, 0.15) is 18.2 Å². The first kappa shape index (κ1) is 24.5. The summed E-state index contributed by atoms with van der Waals surface area (Å²) in [6.07, 6.45) is 0.476. The third-order valence-corrected chi connectivity index (χ3v) is 6.34. The molecule has 0 radical (unpaired) electrons. The van der Waals surface area contributed by atoms with Gasteiger partial charge in [0.15, 0.2) is 11.5 Å². The summed E-state index contributed by atoms with van der Waals surface area (Å²) >= 11 is 5.78. The molecule has 32 heavy (non-hydrogen) atoms. The number of halogens is 2. The summed E-state index contributed by atoms with van der Waals surface area (Å²) < 4.78 is 50.6. The minimum absolute atomic E-state index is 0.0467. The molecular formula is C18H24ClFN6O5S. The molecule has 1 aliphatic heterocycles. The van der Waals surface area contributed by atoms with Crippen molar-refractivity contribution < 1.29 is 27.3 Å². The number of rotatable bonds is 10. The first-order valence-electron chi connectivity index (χ1n) is 9.84. The van der Waals surface area contributed by atoms with Gasteiger partial charge in [0.25, 0.3) is 0 Å². The monoisotopic (exact) mass is 490 g/mol. The van der Waals surface area contributed by atoms with Crippen LogP contribution in [-0.4, -0.2) is 79.9 Å². The van der Waals surface area contributed by atoms with Gasteiger partial charge in [-0.15, -0.1) is 0 Å². The number of nitrogens with one attached hydrogen (secondary N) is 2. The zero-order valence-electron chi connectivity index (χ0n) is 17.1. The molecule has 2 aromatic rings. The predicted molar refractivity (Wildman–Crippen MR) is 115 cm³/mol. The number of aromatic nitrogens is 2. The highest BCUT2D eigenvalue weighted by molar-refractivity contribution is 7.89. The number of ether oxygens (including phenoxy) is 1. The summed E-state index contributed by atoms with van der Waals surface area (Å²) in [7, 11) is -3.57. The largest absolute Gasteiger partial charge is 0.379 e. The fourth-order valence-corrected chi connectivity index (χ4v) is 4.20. The number of aliphatic hydroxyl groups is 1. The molecule has 0 saturated carbocycles. The van der Waals surface area contributed by atoms with E-state index in [1.165, 1.54) is 12.1 Å². The molecule has 0 spiro atoms. The van der Waals surface area contributed by atoms with E-state index in [9.17, 15) is 17.9 Å². The first-order valence-corrected chi connectivity index (χ1v) is 11.9. The number of aliphatic hydroxyl groups excluding tert-OH is 1. The molecule has 11 nitrogen and oxygen atoms in total. The number of aliphatic imine (C=N–C) groups is 1. The van der Waals surface area contributed by atoms with Crippen molar-refractivity contribution in [1.82, 2.24) is 19.9 Å². The van der Waals surface area contributed by atoms with Crippen molar-refractivity contribution in [2.24, 2.45) is 4.99 Å². The third-order valence-electron chi connectivity index (χ3n) is 4.64. The van der Waals surface area contributed by atoms with Crippen LogP contribution in [0.15, 0.2) is 27.8 Å². The van der Waals surface area contributed by atoms with E-state index in [4.69, 9.17) is 21.0 Å². The lowest BCUT2D eigenvalue weighted by molar-refractivity contribution is 0.0381. The molecular weight excluding hydrogens is 467 g/mol. The van der Waals surface area contributed by atoms with Gasteiger partial charge < -0.3 is 15.2 Å². The number of hydrogen-bond acceptors (Lipinski definition) is 9. The van der Waals surface area contributed by atoms with Crippen LogP contribution in [0.25, 0.3) is 0 Å². The molecule has 0 atom stereocenters. The molecule has 1 aliphatic rings. The molecule has 2 heterocycles. The maximum absolute atomic E-state index is 13.4. The molecule has 3 rings (SSSR count). The van der Waals surface area contributed by atoms with E-state index in [1.54, 1.807) is 0 Å². The van der Waals surface area contributed by atoms with Gasteiger partial charge in [0.2, 0.25) is 10.0 Å². The summed E-state index contributed by atoms with van der Waals surface area (Å²) in [4.78, 5) is 6.05. The molecule has 0 amide bonds. The number of nitrogens with zero attached hydrogens (tertiary/aromatic N) is 4. The van der Waals surface area contributed by atoms with E-state index in [2.05, 4.69) is 30.2 Å². The van der Waals surface area contributed by atoms with Crippen molar-refractivity contribution in [2.45, 2.75) is 13.0 Å². The summed E-state index contributed by atoms with van der Waals surface area (Å²) in [5, 5.41) is 19.5. The summed E-state index contributed by atoms with van der Waals surface area (Å²) in [6.45, 7) is 2.79. The Morgan fingerprint density at radius 2 is 2.09 bits per heavy atom. The Morgan fingerprint density at radius 3 is 2.81 bits per heavy atom. The smallest absolute Gasteiger partial charge is 0.212 e. The molecule has 1 aromatic carbocycles. The SMILES string of the molecule is O=S(=O)(CCCN1CCOCC1)NCc1nonc1C(=NCO)Nc1ccc(F)c(Cl)c1. The lowest BCUT2D eigenvalue weighted by Gasteiger charge is -2.26. The Hall–Kier alpha value is -2.16. The van der Waals surface area contributed by atoms with Crippen molar-refractivity contribution in [3.05, 3.63) is 40.4 Å². The van der Waals surface area contributed by atoms with Crippen LogP contribution in [0, 0.1) is 5.82 Å². The fraction of sp³-hybridized carbons (Fsp3) is 0.500. The van der Waals surface area contributed by atoms with Gasteiger partial charge in [-0.25, -0.2) is 27.2 Å². The molecule has 0 bridgehead atoms. The molecule has 14 heteroatoms. The molecule has 1 aromatic heterocycles. The van der Waals surface area contributed by atoms with E-state index >= 15 is 0 Å². The van der Waals surface area contributed by atoms with Crippen molar-refractivity contribution in [2.75, 3.05) is 50.6 Å². The number of hydrogen-bond donors (Lipinski definition) is 3. The van der Waals surface area contributed by atoms with Gasteiger partial charge in [-0.3, -0.25) is 4.90 Å². The van der Waals surface area contributed by atoms with Gasteiger partial charge in [0, 0.05) is 18.8 Å². The van der Waals surface area contributed by atoms with Gasteiger partial charge in [-0.1, -0.05) is 16.8 Å². The Balaban J connectivity index is 1.60. The lowest BCUT2D eigenvalue weighted by Crippen LogP contribution is -2.38. The zero-order chi connectivity index (χ0) is 23.0. The van der Waals surface area contributed by atoms with Gasteiger partial charge >= 0.3 is 0 Å². The van der Waals surface area contributed by atoms with Crippen LogP contribution in [0.2, 0.25) is 5.02 Å². The van der Waals surface area contributed by atoms with Crippen LogP contribution < -0.4 is 10.0 Å². The van der Waals surface area contributed by atoms with Gasteiger partial charge in [-0.2, -0.15) is 0 Å². The molecule has 0 aliphatic carbocycles. The van der Waals surface area contributed by atoms with E-state index in [-0.39, 0.29) is 34.5 Å². The number of benzene rings is 1. The molecule has 1 fully saturated rings.